The van der Waals surface area contributed by atoms with Crippen LogP contribution in [0, 0.1) is 12.7 Å². The number of pyridine rings is 1. The number of carbonyl (C=O) groups is 2. The number of halogens is 1. The second-order valence-electron chi connectivity index (χ2n) is 7.49. The summed E-state index contributed by atoms with van der Waals surface area (Å²) >= 11 is 0. The molecule has 3 amide bonds. The summed E-state index contributed by atoms with van der Waals surface area (Å²) in [6.07, 6.45) is 2.91. The lowest BCUT2D eigenvalue weighted by Gasteiger charge is -2.38. The van der Waals surface area contributed by atoms with Gasteiger partial charge in [-0.1, -0.05) is 6.07 Å². The molecule has 1 aliphatic rings. The van der Waals surface area contributed by atoms with Gasteiger partial charge in [-0.15, -0.1) is 0 Å². The molecule has 8 heteroatoms. The van der Waals surface area contributed by atoms with E-state index in [0.29, 0.717) is 18.7 Å². The molecule has 1 aromatic carbocycles. The van der Waals surface area contributed by atoms with E-state index >= 15 is 0 Å². The number of urea groups is 1. The zero-order valence-corrected chi connectivity index (χ0v) is 16.9. The standard InChI is InChI=1S/C21H26FN5O2/c1-14-4-6-17(12-24-14)25-20(29)26-19-10-16(5-7-18(19)22)11-21(8-9-23-13-21)27(3)15(2)28/h4-7,10,12,23H,8-9,11,13H2,1-3H3,(H2,25,26,29)/t21-/m1/s1. The molecule has 7 nitrogen and oxygen atoms in total. The number of hydrogen-bond donors (Lipinski definition) is 3. The summed E-state index contributed by atoms with van der Waals surface area (Å²) in [5.74, 6) is -0.537. The Hall–Kier alpha value is -3.00. The Kier molecular flexibility index (Phi) is 6.12. The Morgan fingerprint density at radius 3 is 2.69 bits per heavy atom. The van der Waals surface area contributed by atoms with Crippen LogP contribution in [-0.4, -0.2) is 47.5 Å². The van der Waals surface area contributed by atoms with Gasteiger partial charge in [-0.2, -0.15) is 0 Å². The van der Waals surface area contributed by atoms with Crippen molar-refractivity contribution in [3.63, 3.8) is 0 Å². The first-order chi connectivity index (χ1) is 13.8. The predicted molar refractivity (Wildman–Crippen MR) is 110 cm³/mol. The topological polar surface area (TPSA) is 86.4 Å². The summed E-state index contributed by atoms with van der Waals surface area (Å²) in [6, 6.07) is 7.60. The fraction of sp³-hybridized carbons (Fsp3) is 0.381. The van der Waals surface area contributed by atoms with Gasteiger partial charge < -0.3 is 20.9 Å². The maximum absolute atomic E-state index is 14.3. The van der Waals surface area contributed by atoms with Crippen LogP contribution in [0.4, 0.5) is 20.6 Å². The number of anilines is 2. The van der Waals surface area contributed by atoms with E-state index in [9.17, 15) is 14.0 Å². The molecule has 0 spiro atoms. The lowest BCUT2D eigenvalue weighted by molar-refractivity contribution is -0.132. The van der Waals surface area contributed by atoms with Crippen molar-refractivity contribution in [3.8, 4) is 0 Å². The highest BCUT2D eigenvalue weighted by Gasteiger charge is 2.39. The quantitative estimate of drug-likeness (QED) is 0.722. The van der Waals surface area contributed by atoms with Crippen molar-refractivity contribution in [1.82, 2.24) is 15.2 Å². The largest absolute Gasteiger partial charge is 0.339 e. The molecule has 3 rings (SSSR count). The summed E-state index contributed by atoms with van der Waals surface area (Å²) < 4.78 is 14.3. The molecular formula is C21H26FN5O2. The van der Waals surface area contributed by atoms with Crippen LogP contribution in [0.25, 0.3) is 0 Å². The van der Waals surface area contributed by atoms with E-state index in [1.807, 2.05) is 6.92 Å². The lowest BCUT2D eigenvalue weighted by Crippen LogP contribution is -2.52. The number of rotatable bonds is 5. The Morgan fingerprint density at radius 2 is 2.07 bits per heavy atom. The first-order valence-electron chi connectivity index (χ1n) is 9.53. The third-order valence-electron chi connectivity index (χ3n) is 5.39. The summed E-state index contributed by atoms with van der Waals surface area (Å²) in [5, 5.41) is 8.50. The third-order valence-corrected chi connectivity index (χ3v) is 5.39. The van der Waals surface area contributed by atoms with Gasteiger partial charge in [0.2, 0.25) is 5.91 Å². The number of amides is 3. The average molecular weight is 399 g/mol. The molecule has 2 aromatic rings. The van der Waals surface area contributed by atoms with Crippen LogP contribution in [0.15, 0.2) is 36.5 Å². The minimum atomic E-state index is -0.551. The molecule has 1 aliphatic heterocycles. The maximum atomic E-state index is 14.3. The Bertz CT molecular complexity index is 894. The Balaban J connectivity index is 1.74. The second-order valence-corrected chi connectivity index (χ2v) is 7.49. The smallest absolute Gasteiger partial charge is 0.323 e. The van der Waals surface area contributed by atoms with E-state index in [-0.39, 0.29) is 17.1 Å². The van der Waals surface area contributed by atoms with Crippen molar-refractivity contribution < 1.29 is 14.0 Å². The predicted octanol–water partition coefficient (Wildman–Crippen LogP) is 2.93. The van der Waals surface area contributed by atoms with Crippen molar-refractivity contribution in [3.05, 3.63) is 53.6 Å². The van der Waals surface area contributed by atoms with Crippen molar-refractivity contribution in [1.29, 1.82) is 0 Å². The van der Waals surface area contributed by atoms with Gasteiger partial charge in [0.15, 0.2) is 0 Å². The summed E-state index contributed by atoms with van der Waals surface area (Å²) in [7, 11) is 1.79. The fourth-order valence-corrected chi connectivity index (χ4v) is 3.60. The molecule has 0 bridgehead atoms. The van der Waals surface area contributed by atoms with Crippen LogP contribution < -0.4 is 16.0 Å². The Morgan fingerprint density at radius 1 is 1.28 bits per heavy atom. The summed E-state index contributed by atoms with van der Waals surface area (Å²) in [6.45, 7) is 4.88. The third kappa shape index (κ3) is 4.89. The van der Waals surface area contributed by atoms with Crippen LogP contribution in [-0.2, 0) is 11.2 Å². The van der Waals surface area contributed by atoms with Gasteiger partial charge in [-0.3, -0.25) is 9.78 Å². The van der Waals surface area contributed by atoms with Crippen molar-refractivity contribution in [2.24, 2.45) is 0 Å². The maximum Gasteiger partial charge on any atom is 0.323 e. The molecule has 29 heavy (non-hydrogen) atoms. The van der Waals surface area contributed by atoms with E-state index < -0.39 is 11.8 Å². The Labute approximate surface area is 169 Å². The fourth-order valence-electron chi connectivity index (χ4n) is 3.60. The van der Waals surface area contributed by atoms with E-state index in [0.717, 1.165) is 24.2 Å². The average Bonchev–Trinajstić information content (AvgIpc) is 3.15. The van der Waals surface area contributed by atoms with Crippen LogP contribution >= 0.6 is 0 Å². The highest BCUT2D eigenvalue weighted by molar-refractivity contribution is 5.99. The van der Waals surface area contributed by atoms with Gasteiger partial charge >= 0.3 is 6.03 Å². The molecule has 3 N–H and O–H groups in total. The highest BCUT2D eigenvalue weighted by Crippen LogP contribution is 2.28. The molecule has 2 heterocycles. The molecule has 1 atom stereocenters. The molecule has 154 valence electrons. The molecule has 0 aliphatic carbocycles. The lowest BCUT2D eigenvalue weighted by atomic mass is 9.88. The zero-order valence-electron chi connectivity index (χ0n) is 16.9. The van der Waals surface area contributed by atoms with E-state index in [4.69, 9.17) is 0 Å². The van der Waals surface area contributed by atoms with Crippen LogP contribution in [0.3, 0.4) is 0 Å². The number of likely N-dealkylation sites (N-methyl/N-ethyl adjacent to an activating group) is 1. The number of carbonyl (C=O) groups excluding carboxylic acids is 2. The number of benzene rings is 1. The number of nitrogens with zero attached hydrogens (tertiary/aromatic N) is 2. The molecule has 1 aromatic heterocycles. The second kappa shape index (κ2) is 8.57. The van der Waals surface area contributed by atoms with Gasteiger partial charge in [0, 0.05) is 26.2 Å². The first-order valence-corrected chi connectivity index (χ1v) is 9.53. The number of nitrogens with one attached hydrogen (secondary N) is 3. The zero-order chi connectivity index (χ0) is 21.0. The van der Waals surface area contributed by atoms with Gasteiger partial charge in [0.05, 0.1) is 23.1 Å². The van der Waals surface area contributed by atoms with Gasteiger partial charge in [0.1, 0.15) is 5.82 Å². The first kappa shape index (κ1) is 20.7. The molecule has 0 unspecified atom stereocenters. The van der Waals surface area contributed by atoms with E-state index in [1.54, 1.807) is 43.1 Å². The number of hydrogen-bond acceptors (Lipinski definition) is 4. The van der Waals surface area contributed by atoms with Crippen molar-refractivity contribution in [2.75, 3.05) is 30.8 Å². The normalized spacial score (nSPS) is 18.3. The van der Waals surface area contributed by atoms with Gasteiger partial charge in [-0.25, -0.2) is 9.18 Å². The molecule has 1 fully saturated rings. The van der Waals surface area contributed by atoms with E-state index in [2.05, 4.69) is 20.9 Å². The van der Waals surface area contributed by atoms with Gasteiger partial charge in [-0.05, 0) is 56.1 Å². The molecule has 1 saturated heterocycles. The SMILES string of the molecule is CC(=O)N(C)[C@@]1(Cc2ccc(F)c(NC(=O)Nc3ccc(C)nc3)c2)CCNC1. The van der Waals surface area contributed by atoms with Gasteiger partial charge in [0.25, 0.3) is 0 Å². The van der Waals surface area contributed by atoms with Crippen LogP contribution in [0.1, 0.15) is 24.6 Å². The highest BCUT2D eigenvalue weighted by atomic mass is 19.1. The molecule has 0 radical (unpaired) electrons. The van der Waals surface area contributed by atoms with Crippen LogP contribution in [0.2, 0.25) is 0 Å². The monoisotopic (exact) mass is 399 g/mol. The van der Waals surface area contributed by atoms with E-state index in [1.165, 1.54) is 12.3 Å². The summed E-state index contributed by atoms with van der Waals surface area (Å²) in [4.78, 5) is 30.1. The van der Waals surface area contributed by atoms with Crippen molar-refractivity contribution >= 4 is 23.3 Å². The molecular weight excluding hydrogens is 373 g/mol. The molecule has 0 saturated carbocycles. The number of aryl methyl sites for hydroxylation is 1. The minimum absolute atomic E-state index is 0.0137. The number of aromatic nitrogens is 1. The minimum Gasteiger partial charge on any atom is -0.339 e. The van der Waals surface area contributed by atoms with Crippen molar-refractivity contribution in [2.45, 2.75) is 32.2 Å². The van der Waals surface area contributed by atoms with Crippen LogP contribution in [0.5, 0.6) is 0 Å². The summed E-state index contributed by atoms with van der Waals surface area (Å²) in [5.41, 5.74) is 1.92.